The van der Waals surface area contributed by atoms with Gasteiger partial charge in [-0.25, -0.2) is 4.99 Å². The first-order valence-corrected chi connectivity index (χ1v) is 3.05. The molecule has 0 fully saturated rings. The molecule has 1 heterocycles. The minimum atomic E-state index is -0.369. The molecule has 58 valence electrons. The van der Waals surface area contributed by atoms with Gasteiger partial charge in [0.1, 0.15) is 5.76 Å². The van der Waals surface area contributed by atoms with E-state index in [0.717, 1.165) is 0 Å². The largest absolute Gasteiger partial charge is 0.463 e. The predicted octanol–water partition coefficient (Wildman–Crippen LogP) is 0.00390. The van der Waals surface area contributed by atoms with E-state index in [1.165, 1.54) is 24.6 Å². The van der Waals surface area contributed by atoms with Crippen molar-refractivity contribution in [2.45, 2.75) is 0 Å². The van der Waals surface area contributed by atoms with Crippen LogP contribution in [0.1, 0.15) is 0 Å². The monoisotopic (exact) mass is 153 g/mol. The Balaban J connectivity index is 2.74. The molecule has 1 N–H and O–H groups in total. The van der Waals surface area contributed by atoms with Gasteiger partial charge in [-0.2, -0.15) is 0 Å². The Labute approximate surface area is 63.5 Å². The fraction of sp³-hybridized carbons (Fsp3) is 0.143. The SMILES string of the molecule is O=C1C=COC(=CCO)C=N1. The Hall–Kier alpha value is -1.42. The number of carbonyl (C=O) groups excluding carboxylic acids is 1. The zero-order chi connectivity index (χ0) is 8.10. The predicted molar refractivity (Wildman–Crippen MR) is 38.9 cm³/mol. The van der Waals surface area contributed by atoms with E-state index in [2.05, 4.69) is 4.99 Å². The molecular weight excluding hydrogens is 146 g/mol. The first-order valence-electron chi connectivity index (χ1n) is 3.05. The highest BCUT2D eigenvalue weighted by Gasteiger charge is 1.98. The fourth-order valence-electron chi connectivity index (χ4n) is 0.562. The molecule has 0 saturated heterocycles. The van der Waals surface area contributed by atoms with Gasteiger partial charge in [-0.3, -0.25) is 4.79 Å². The van der Waals surface area contributed by atoms with Crippen molar-refractivity contribution >= 4 is 12.1 Å². The molecule has 4 nitrogen and oxygen atoms in total. The van der Waals surface area contributed by atoms with Gasteiger partial charge < -0.3 is 9.84 Å². The number of carbonyl (C=O) groups is 1. The molecule has 11 heavy (non-hydrogen) atoms. The minimum Gasteiger partial charge on any atom is -0.463 e. The first-order chi connectivity index (χ1) is 5.33. The molecule has 1 aliphatic rings. The highest BCUT2D eigenvalue weighted by molar-refractivity contribution is 5.97. The summed E-state index contributed by atoms with van der Waals surface area (Å²) in [4.78, 5) is 14.0. The van der Waals surface area contributed by atoms with E-state index in [4.69, 9.17) is 9.84 Å². The van der Waals surface area contributed by atoms with E-state index < -0.39 is 0 Å². The van der Waals surface area contributed by atoms with E-state index in [1.807, 2.05) is 0 Å². The van der Waals surface area contributed by atoms with Crippen LogP contribution in [-0.2, 0) is 9.53 Å². The fourth-order valence-corrected chi connectivity index (χ4v) is 0.562. The highest BCUT2D eigenvalue weighted by atomic mass is 16.5. The number of rotatable bonds is 1. The lowest BCUT2D eigenvalue weighted by atomic mass is 10.5. The van der Waals surface area contributed by atoms with Crippen LogP contribution >= 0.6 is 0 Å². The van der Waals surface area contributed by atoms with Crippen molar-refractivity contribution in [3.63, 3.8) is 0 Å². The van der Waals surface area contributed by atoms with Crippen LogP contribution in [0.4, 0.5) is 0 Å². The number of hydrogen-bond donors (Lipinski definition) is 1. The van der Waals surface area contributed by atoms with Crippen LogP contribution in [-0.4, -0.2) is 23.8 Å². The quantitative estimate of drug-likeness (QED) is 0.577. The zero-order valence-electron chi connectivity index (χ0n) is 5.73. The second kappa shape index (κ2) is 3.68. The molecule has 0 spiro atoms. The Kier molecular flexibility index (Phi) is 2.57. The van der Waals surface area contributed by atoms with Gasteiger partial charge in [-0.15, -0.1) is 0 Å². The molecule has 1 rings (SSSR count). The lowest BCUT2D eigenvalue weighted by molar-refractivity contribution is -0.113. The van der Waals surface area contributed by atoms with E-state index in [-0.39, 0.29) is 12.5 Å². The maximum Gasteiger partial charge on any atom is 0.272 e. The molecule has 0 bridgehead atoms. The summed E-state index contributed by atoms with van der Waals surface area (Å²) in [6.45, 7) is -0.136. The third kappa shape index (κ3) is 2.35. The summed E-state index contributed by atoms with van der Waals surface area (Å²) in [5.74, 6) is 0.000870. The topological polar surface area (TPSA) is 58.9 Å². The van der Waals surface area contributed by atoms with Crippen LogP contribution in [0.25, 0.3) is 0 Å². The summed E-state index contributed by atoms with van der Waals surface area (Å²) in [5.41, 5.74) is 0. The van der Waals surface area contributed by atoms with E-state index >= 15 is 0 Å². The minimum absolute atomic E-state index is 0.136. The van der Waals surface area contributed by atoms with Crippen molar-refractivity contribution in [2.24, 2.45) is 4.99 Å². The Morgan fingerprint density at radius 1 is 1.73 bits per heavy atom. The van der Waals surface area contributed by atoms with Gasteiger partial charge in [-0.1, -0.05) is 0 Å². The summed E-state index contributed by atoms with van der Waals surface area (Å²) < 4.78 is 4.86. The van der Waals surface area contributed by atoms with Crippen LogP contribution in [0, 0.1) is 0 Å². The molecule has 0 atom stereocenters. The number of hydrogen-bond acceptors (Lipinski definition) is 3. The molecule has 1 aliphatic heterocycles. The number of amides is 1. The average molecular weight is 153 g/mol. The summed E-state index contributed by atoms with van der Waals surface area (Å²) in [5, 5.41) is 8.45. The van der Waals surface area contributed by atoms with Crippen molar-refractivity contribution in [3.8, 4) is 0 Å². The Bertz CT molecular complexity index is 240. The second-order valence-corrected chi connectivity index (χ2v) is 1.81. The van der Waals surface area contributed by atoms with Crippen LogP contribution in [0.5, 0.6) is 0 Å². The summed E-state index contributed by atoms with van der Waals surface area (Å²) in [6, 6.07) is 0. The second-order valence-electron chi connectivity index (χ2n) is 1.81. The maximum atomic E-state index is 10.6. The number of allylic oxidation sites excluding steroid dienone is 1. The third-order valence-electron chi connectivity index (χ3n) is 1.03. The molecule has 0 aromatic rings. The van der Waals surface area contributed by atoms with Crippen LogP contribution < -0.4 is 0 Å². The smallest absolute Gasteiger partial charge is 0.272 e. The zero-order valence-corrected chi connectivity index (χ0v) is 5.73. The van der Waals surface area contributed by atoms with Gasteiger partial charge in [0, 0.05) is 6.08 Å². The van der Waals surface area contributed by atoms with E-state index in [9.17, 15) is 4.79 Å². The molecule has 0 aliphatic carbocycles. The lowest BCUT2D eigenvalue weighted by Crippen LogP contribution is -1.88. The molecule has 0 aromatic carbocycles. The van der Waals surface area contributed by atoms with Crippen LogP contribution in [0.15, 0.2) is 29.2 Å². The van der Waals surface area contributed by atoms with Gasteiger partial charge >= 0.3 is 0 Å². The van der Waals surface area contributed by atoms with E-state index in [1.54, 1.807) is 0 Å². The summed E-state index contributed by atoms with van der Waals surface area (Å²) in [7, 11) is 0. The highest BCUT2D eigenvalue weighted by Crippen LogP contribution is 1.98. The van der Waals surface area contributed by atoms with Crippen molar-refractivity contribution < 1.29 is 14.6 Å². The third-order valence-corrected chi connectivity index (χ3v) is 1.03. The van der Waals surface area contributed by atoms with Crippen molar-refractivity contribution in [1.82, 2.24) is 0 Å². The summed E-state index contributed by atoms with van der Waals surface area (Å²) >= 11 is 0. The standard InChI is InChI=1S/C7H7NO3/c9-3-1-6-5-8-7(10)2-4-11-6/h1-2,4-5,9H,3H2. The number of aliphatic hydroxyl groups excluding tert-OH is 1. The molecular formula is C7H7NO3. The van der Waals surface area contributed by atoms with Crippen molar-refractivity contribution in [1.29, 1.82) is 0 Å². The first kappa shape index (κ1) is 7.68. The van der Waals surface area contributed by atoms with Crippen LogP contribution in [0.2, 0.25) is 0 Å². The van der Waals surface area contributed by atoms with Crippen molar-refractivity contribution in [3.05, 3.63) is 24.2 Å². The van der Waals surface area contributed by atoms with Gasteiger partial charge in [-0.05, 0) is 6.08 Å². The maximum absolute atomic E-state index is 10.6. The van der Waals surface area contributed by atoms with Gasteiger partial charge in [0.05, 0.1) is 19.1 Å². The number of aliphatic hydroxyl groups is 1. The lowest BCUT2D eigenvalue weighted by Gasteiger charge is -1.94. The van der Waals surface area contributed by atoms with Gasteiger partial charge in [0.15, 0.2) is 0 Å². The molecule has 0 unspecified atom stereocenters. The Morgan fingerprint density at radius 3 is 3.27 bits per heavy atom. The molecule has 0 saturated carbocycles. The number of ether oxygens (including phenoxy) is 1. The molecule has 0 radical (unpaired) electrons. The number of aliphatic imine (C=N–C) groups is 1. The normalized spacial score (nSPS) is 20.1. The average Bonchev–Trinajstić information content (AvgIpc) is 2.17. The summed E-state index contributed by atoms with van der Waals surface area (Å²) in [6.07, 6.45) is 5.11. The molecule has 4 heteroatoms. The Morgan fingerprint density at radius 2 is 2.55 bits per heavy atom. The molecule has 0 aromatic heterocycles. The number of nitrogens with zero attached hydrogens (tertiary/aromatic N) is 1. The van der Waals surface area contributed by atoms with E-state index in [0.29, 0.717) is 5.76 Å². The van der Waals surface area contributed by atoms with Crippen molar-refractivity contribution in [2.75, 3.05) is 6.61 Å². The van der Waals surface area contributed by atoms with Crippen LogP contribution in [0.3, 0.4) is 0 Å². The molecule has 1 amide bonds. The van der Waals surface area contributed by atoms with Gasteiger partial charge in [0.25, 0.3) is 5.91 Å². The van der Waals surface area contributed by atoms with Gasteiger partial charge in [0.2, 0.25) is 0 Å².